The van der Waals surface area contributed by atoms with E-state index in [-0.39, 0.29) is 5.91 Å². The van der Waals surface area contributed by atoms with Crippen LogP contribution in [-0.2, 0) is 11.2 Å². The standard InChI is InChI=1S/C20H22N2O3/c1-13(2)16-11-14(6-8-18(16)24-3)12-17-20(23)22-19(21-17)9-7-15-5-4-10-25-15/h4-6,8,10-13H,7,9H2,1-3H3,(H,21,22,23)/b17-12+. The molecule has 1 amide bonds. The average Bonchev–Trinajstić information content (AvgIpc) is 3.23. The fourth-order valence-electron chi connectivity index (χ4n) is 2.78. The highest BCUT2D eigenvalue weighted by atomic mass is 16.5. The summed E-state index contributed by atoms with van der Waals surface area (Å²) in [4.78, 5) is 16.6. The number of carbonyl (C=O) groups is 1. The molecule has 0 fully saturated rings. The number of aliphatic imine (C=N–C) groups is 1. The Morgan fingerprint density at radius 2 is 2.12 bits per heavy atom. The lowest BCUT2D eigenvalue weighted by molar-refractivity contribution is -0.115. The molecule has 0 atom stereocenters. The van der Waals surface area contributed by atoms with E-state index >= 15 is 0 Å². The summed E-state index contributed by atoms with van der Waals surface area (Å²) in [5, 5.41) is 2.82. The SMILES string of the molecule is COc1ccc(/C=C2/N=C(CCc3ccco3)NC2=O)cc1C(C)C. The Kier molecular flexibility index (Phi) is 5.03. The third-order valence-corrected chi connectivity index (χ3v) is 4.11. The Morgan fingerprint density at radius 3 is 2.80 bits per heavy atom. The van der Waals surface area contributed by atoms with Crippen LogP contribution in [0.1, 0.15) is 43.1 Å². The minimum atomic E-state index is -0.170. The van der Waals surface area contributed by atoms with Gasteiger partial charge in [-0.2, -0.15) is 0 Å². The van der Waals surface area contributed by atoms with Gasteiger partial charge in [0.05, 0.1) is 13.4 Å². The fraction of sp³-hybridized carbons (Fsp3) is 0.300. The van der Waals surface area contributed by atoms with Gasteiger partial charge in [0.15, 0.2) is 0 Å². The molecule has 3 rings (SSSR count). The van der Waals surface area contributed by atoms with Crippen molar-refractivity contribution in [1.29, 1.82) is 0 Å². The maximum absolute atomic E-state index is 12.2. The number of ether oxygens (including phenoxy) is 1. The molecule has 0 unspecified atom stereocenters. The maximum atomic E-state index is 12.2. The number of carbonyl (C=O) groups excluding carboxylic acids is 1. The van der Waals surface area contributed by atoms with Crippen LogP contribution in [-0.4, -0.2) is 18.9 Å². The number of amides is 1. The van der Waals surface area contributed by atoms with Crippen molar-refractivity contribution in [2.75, 3.05) is 7.11 Å². The first kappa shape index (κ1) is 17.0. The van der Waals surface area contributed by atoms with E-state index in [2.05, 4.69) is 24.2 Å². The average molecular weight is 338 g/mol. The first-order valence-corrected chi connectivity index (χ1v) is 8.37. The molecular formula is C20H22N2O3. The number of amidine groups is 1. The van der Waals surface area contributed by atoms with Gasteiger partial charge < -0.3 is 14.5 Å². The summed E-state index contributed by atoms with van der Waals surface area (Å²) in [6, 6.07) is 9.67. The number of benzene rings is 1. The zero-order valence-electron chi connectivity index (χ0n) is 14.7. The largest absolute Gasteiger partial charge is 0.496 e. The summed E-state index contributed by atoms with van der Waals surface area (Å²) < 4.78 is 10.7. The van der Waals surface area contributed by atoms with Crippen LogP contribution >= 0.6 is 0 Å². The van der Waals surface area contributed by atoms with Gasteiger partial charge in [0.2, 0.25) is 0 Å². The molecule has 5 nitrogen and oxygen atoms in total. The Morgan fingerprint density at radius 1 is 1.28 bits per heavy atom. The quantitative estimate of drug-likeness (QED) is 0.812. The van der Waals surface area contributed by atoms with Crippen LogP contribution in [0.4, 0.5) is 0 Å². The van der Waals surface area contributed by atoms with Gasteiger partial charge in [-0.25, -0.2) is 4.99 Å². The fourth-order valence-corrected chi connectivity index (χ4v) is 2.78. The van der Waals surface area contributed by atoms with Crippen molar-refractivity contribution in [2.24, 2.45) is 4.99 Å². The monoisotopic (exact) mass is 338 g/mol. The van der Waals surface area contributed by atoms with Gasteiger partial charge >= 0.3 is 0 Å². The van der Waals surface area contributed by atoms with Crippen molar-refractivity contribution >= 4 is 17.8 Å². The van der Waals surface area contributed by atoms with E-state index in [1.165, 1.54) is 0 Å². The second-order valence-electron chi connectivity index (χ2n) is 6.28. The zero-order chi connectivity index (χ0) is 17.8. The van der Waals surface area contributed by atoms with Crippen LogP contribution in [0.15, 0.2) is 51.7 Å². The van der Waals surface area contributed by atoms with Crippen molar-refractivity contribution in [3.05, 3.63) is 59.2 Å². The summed E-state index contributed by atoms with van der Waals surface area (Å²) in [5.74, 6) is 2.57. The number of nitrogens with one attached hydrogen (secondary N) is 1. The lowest BCUT2D eigenvalue weighted by Gasteiger charge is -2.12. The number of methoxy groups -OCH3 is 1. The topological polar surface area (TPSA) is 63.8 Å². The van der Waals surface area contributed by atoms with Crippen LogP contribution in [0.3, 0.4) is 0 Å². The predicted molar refractivity (Wildman–Crippen MR) is 97.7 cm³/mol. The molecule has 1 aliphatic rings. The van der Waals surface area contributed by atoms with Crippen LogP contribution in [0.25, 0.3) is 6.08 Å². The highest BCUT2D eigenvalue weighted by Gasteiger charge is 2.20. The molecular weight excluding hydrogens is 316 g/mol. The van der Waals surface area contributed by atoms with Crippen LogP contribution in [0.5, 0.6) is 5.75 Å². The van der Waals surface area contributed by atoms with Gasteiger partial charge in [-0.1, -0.05) is 19.9 Å². The van der Waals surface area contributed by atoms with E-state index in [4.69, 9.17) is 9.15 Å². The summed E-state index contributed by atoms with van der Waals surface area (Å²) in [6.07, 6.45) is 4.79. The lowest BCUT2D eigenvalue weighted by Crippen LogP contribution is -2.24. The van der Waals surface area contributed by atoms with Gasteiger partial charge in [0.25, 0.3) is 5.91 Å². The molecule has 130 valence electrons. The molecule has 0 spiro atoms. The Hall–Kier alpha value is -2.82. The van der Waals surface area contributed by atoms with E-state index in [0.717, 1.165) is 22.6 Å². The minimum absolute atomic E-state index is 0.170. The number of furan rings is 1. The van der Waals surface area contributed by atoms with Crippen LogP contribution in [0.2, 0.25) is 0 Å². The van der Waals surface area contributed by atoms with Crippen molar-refractivity contribution in [3.63, 3.8) is 0 Å². The summed E-state index contributed by atoms with van der Waals surface area (Å²) in [7, 11) is 1.67. The third-order valence-electron chi connectivity index (χ3n) is 4.11. The summed E-state index contributed by atoms with van der Waals surface area (Å²) >= 11 is 0. The molecule has 25 heavy (non-hydrogen) atoms. The highest BCUT2D eigenvalue weighted by Crippen LogP contribution is 2.28. The lowest BCUT2D eigenvalue weighted by atomic mass is 9.99. The molecule has 0 saturated heterocycles. The maximum Gasteiger partial charge on any atom is 0.275 e. The molecule has 0 aliphatic carbocycles. The molecule has 0 bridgehead atoms. The smallest absolute Gasteiger partial charge is 0.275 e. The van der Waals surface area contributed by atoms with Gasteiger partial charge in [0.1, 0.15) is 23.0 Å². The van der Waals surface area contributed by atoms with Gasteiger partial charge in [-0.05, 0) is 47.4 Å². The van der Waals surface area contributed by atoms with Crippen molar-refractivity contribution in [3.8, 4) is 5.75 Å². The predicted octanol–water partition coefficient (Wildman–Crippen LogP) is 3.91. The first-order chi connectivity index (χ1) is 12.1. The van der Waals surface area contributed by atoms with Gasteiger partial charge in [-0.15, -0.1) is 0 Å². The van der Waals surface area contributed by atoms with E-state index in [9.17, 15) is 4.79 Å². The third kappa shape index (κ3) is 3.99. The molecule has 1 aromatic carbocycles. The molecule has 1 aromatic heterocycles. The highest BCUT2D eigenvalue weighted by molar-refractivity contribution is 6.14. The molecule has 0 radical (unpaired) electrons. The molecule has 5 heteroatoms. The van der Waals surface area contributed by atoms with Crippen LogP contribution < -0.4 is 10.1 Å². The normalized spacial score (nSPS) is 15.6. The number of hydrogen-bond donors (Lipinski definition) is 1. The first-order valence-electron chi connectivity index (χ1n) is 8.37. The number of rotatable bonds is 6. The number of nitrogens with zero attached hydrogens (tertiary/aromatic N) is 1. The van der Waals surface area contributed by atoms with E-state index in [0.29, 0.717) is 30.3 Å². The van der Waals surface area contributed by atoms with E-state index in [1.807, 2.05) is 30.3 Å². The second-order valence-corrected chi connectivity index (χ2v) is 6.28. The van der Waals surface area contributed by atoms with E-state index in [1.54, 1.807) is 19.4 Å². The molecule has 2 aromatic rings. The number of aryl methyl sites for hydroxylation is 1. The Labute approximate surface area is 147 Å². The number of hydrogen-bond acceptors (Lipinski definition) is 4. The molecule has 0 saturated carbocycles. The van der Waals surface area contributed by atoms with Crippen LogP contribution in [0, 0.1) is 0 Å². The summed E-state index contributed by atoms with van der Waals surface area (Å²) in [6.45, 7) is 4.23. The molecule has 1 aliphatic heterocycles. The Balaban J connectivity index is 1.78. The minimum Gasteiger partial charge on any atom is -0.496 e. The second kappa shape index (κ2) is 7.38. The summed E-state index contributed by atoms with van der Waals surface area (Å²) in [5.41, 5.74) is 2.47. The Bertz CT molecular complexity index is 817. The van der Waals surface area contributed by atoms with Crippen molar-refractivity contribution in [2.45, 2.75) is 32.6 Å². The molecule has 1 N–H and O–H groups in total. The van der Waals surface area contributed by atoms with Gasteiger partial charge in [0, 0.05) is 12.8 Å². The van der Waals surface area contributed by atoms with E-state index < -0.39 is 0 Å². The van der Waals surface area contributed by atoms with Gasteiger partial charge in [-0.3, -0.25) is 4.79 Å². The van der Waals surface area contributed by atoms with Crippen molar-refractivity contribution < 1.29 is 13.9 Å². The zero-order valence-corrected chi connectivity index (χ0v) is 14.7. The molecule has 2 heterocycles. The van der Waals surface area contributed by atoms with Crippen molar-refractivity contribution in [1.82, 2.24) is 5.32 Å².